The van der Waals surface area contributed by atoms with Crippen LogP contribution in [0, 0.1) is 18.6 Å². The molecular formula is C22H21BrClF2N3O3. The van der Waals surface area contributed by atoms with Gasteiger partial charge in [0, 0.05) is 35.6 Å². The number of carbonyl (C=O) groups excluding carboxylic acids is 1. The SMILES string of the molecule is Cc1cc(OCc2ccc(F)cc2F)c(Br)c(=O)n1-c1ccc(CNCC(N)=O)cc1.Cl. The number of rotatable bonds is 8. The average Bonchev–Trinajstić information content (AvgIpc) is 2.71. The molecule has 1 aromatic heterocycles. The molecule has 0 aliphatic rings. The van der Waals surface area contributed by atoms with Crippen LogP contribution in [0.3, 0.4) is 0 Å². The van der Waals surface area contributed by atoms with E-state index in [-0.39, 0.29) is 46.9 Å². The molecule has 1 amide bonds. The maximum absolute atomic E-state index is 13.8. The van der Waals surface area contributed by atoms with E-state index in [0.29, 0.717) is 17.9 Å². The second kappa shape index (κ2) is 11.2. The second-order valence-corrected chi connectivity index (χ2v) is 7.66. The van der Waals surface area contributed by atoms with E-state index in [4.69, 9.17) is 10.5 Å². The van der Waals surface area contributed by atoms with Crippen molar-refractivity contribution in [1.29, 1.82) is 0 Å². The van der Waals surface area contributed by atoms with Crippen LogP contribution in [0.4, 0.5) is 8.78 Å². The summed E-state index contributed by atoms with van der Waals surface area (Å²) in [4.78, 5) is 23.7. The number of pyridine rings is 1. The molecule has 0 atom stereocenters. The number of ether oxygens (including phenoxy) is 1. The van der Waals surface area contributed by atoms with Crippen molar-refractivity contribution >= 4 is 34.2 Å². The third-order valence-electron chi connectivity index (χ3n) is 4.52. The summed E-state index contributed by atoms with van der Waals surface area (Å²) in [7, 11) is 0. The zero-order valence-electron chi connectivity index (χ0n) is 17.0. The van der Waals surface area contributed by atoms with E-state index in [1.165, 1.54) is 10.6 Å². The van der Waals surface area contributed by atoms with Crippen LogP contribution in [-0.4, -0.2) is 17.0 Å². The van der Waals surface area contributed by atoms with Gasteiger partial charge in [0.2, 0.25) is 5.91 Å². The lowest BCUT2D eigenvalue weighted by atomic mass is 10.2. The second-order valence-electron chi connectivity index (χ2n) is 6.87. The lowest BCUT2D eigenvalue weighted by molar-refractivity contribution is -0.117. The van der Waals surface area contributed by atoms with Crippen LogP contribution in [0.25, 0.3) is 5.69 Å². The fraction of sp³-hybridized carbons (Fsp3) is 0.182. The van der Waals surface area contributed by atoms with Crippen LogP contribution in [0.2, 0.25) is 0 Å². The number of primary amides is 1. The smallest absolute Gasteiger partial charge is 0.273 e. The molecule has 3 rings (SSSR count). The maximum Gasteiger partial charge on any atom is 0.273 e. The number of hydrogen-bond donors (Lipinski definition) is 2. The minimum Gasteiger partial charge on any atom is -0.487 e. The van der Waals surface area contributed by atoms with Crippen LogP contribution in [0.1, 0.15) is 16.8 Å². The lowest BCUT2D eigenvalue weighted by Gasteiger charge is -2.15. The fourth-order valence-electron chi connectivity index (χ4n) is 2.99. The summed E-state index contributed by atoms with van der Waals surface area (Å²) in [6.07, 6.45) is 0. The average molecular weight is 529 g/mol. The van der Waals surface area contributed by atoms with Gasteiger partial charge in [0.15, 0.2) is 0 Å². The summed E-state index contributed by atoms with van der Waals surface area (Å²) in [5.74, 6) is -1.56. The Kier molecular flexibility index (Phi) is 8.94. The number of hydrogen-bond acceptors (Lipinski definition) is 4. The maximum atomic E-state index is 13.8. The van der Waals surface area contributed by atoms with Gasteiger partial charge >= 0.3 is 0 Å². The van der Waals surface area contributed by atoms with Crippen molar-refractivity contribution in [3.63, 3.8) is 0 Å². The molecule has 0 unspecified atom stereocenters. The third-order valence-corrected chi connectivity index (χ3v) is 5.25. The van der Waals surface area contributed by atoms with Crippen molar-refractivity contribution in [3.05, 3.63) is 91.8 Å². The quantitative estimate of drug-likeness (QED) is 0.466. The molecule has 0 bridgehead atoms. The predicted octanol–water partition coefficient (Wildman–Crippen LogP) is 3.76. The number of carbonyl (C=O) groups is 1. The van der Waals surface area contributed by atoms with Gasteiger partial charge in [-0.3, -0.25) is 14.2 Å². The first-order valence-electron chi connectivity index (χ1n) is 9.33. The van der Waals surface area contributed by atoms with E-state index in [1.54, 1.807) is 25.1 Å². The van der Waals surface area contributed by atoms with Gasteiger partial charge in [-0.1, -0.05) is 12.1 Å². The van der Waals surface area contributed by atoms with Gasteiger partial charge in [0.25, 0.3) is 5.56 Å². The highest BCUT2D eigenvalue weighted by Crippen LogP contribution is 2.25. The Labute approximate surface area is 197 Å². The normalized spacial score (nSPS) is 10.5. The summed E-state index contributed by atoms with van der Waals surface area (Å²) in [5, 5.41) is 2.92. The van der Waals surface area contributed by atoms with Crippen LogP contribution in [0.5, 0.6) is 5.75 Å². The highest BCUT2D eigenvalue weighted by molar-refractivity contribution is 9.10. The molecule has 170 valence electrons. The highest BCUT2D eigenvalue weighted by atomic mass is 79.9. The zero-order valence-corrected chi connectivity index (χ0v) is 19.4. The van der Waals surface area contributed by atoms with E-state index in [9.17, 15) is 18.4 Å². The van der Waals surface area contributed by atoms with Crippen molar-refractivity contribution < 1.29 is 18.3 Å². The molecule has 2 aromatic carbocycles. The van der Waals surface area contributed by atoms with E-state index < -0.39 is 17.5 Å². The number of amides is 1. The molecule has 0 saturated carbocycles. The number of aryl methyl sites for hydroxylation is 1. The Balaban J connectivity index is 0.00000363. The van der Waals surface area contributed by atoms with E-state index in [1.807, 2.05) is 12.1 Å². The molecular weight excluding hydrogens is 508 g/mol. The van der Waals surface area contributed by atoms with Gasteiger partial charge in [-0.15, -0.1) is 12.4 Å². The summed E-state index contributed by atoms with van der Waals surface area (Å²) in [6, 6.07) is 12.1. The van der Waals surface area contributed by atoms with Gasteiger partial charge in [-0.2, -0.15) is 0 Å². The first kappa shape index (κ1) is 25.5. The topological polar surface area (TPSA) is 86.3 Å². The molecule has 6 nitrogen and oxygen atoms in total. The summed E-state index contributed by atoms with van der Waals surface area (Å²) >= 11 is 3.26. The van der Waals surface area contributed by atoms with E-state index in [0.717, 1.165) is 17.7 Å². The van der Waals surface area contributed by atoms with Crippen LogP contribution in [0.15, 0.2) is 57.8 Å². The third kappa shape index (κ3) is 6.15. The van der Waals surface area contributed by atoms with Crippen molar-refractivity contribution in [2.24, 2.45) is 5.73 Å². The van der Waals surface area contributed by atoms with Crippen LogP contribution >= 0.6 is 28.3 Å². The number of nitrogens with two attached hydrogens (primary N) is 1. The summed E-state index contributed by atoms with van der Waals surface area (Å²) < 4.78 is 34.2. The Morgan fingerprint density at radius 1 is 1.16 bits per heavy atom. The minimum atomic E-state index is -0.716. The fourth-order valence-corrected chi connectivity index (χ4v) is 3.40. The predicted molar refractivity (Wildman–Crippen MR) is 123 cm³/mol. The molecule has 0 fully saturated rings. The number of benzene rings is 2. The molecule has 1 heterocycles. The monoisotopic (exact) mass is 527 g/mol. The summed E-state index contributed by atoms with van der Waals surface area (Å²) in [6.45, 7) is 2.15. The molecule has 10 heteroatoms. The Morgan fingerprint density at radius 2 is 1.84 bits per heavy atom. The largest absolute Gasteiger partial charge is 0.487 e. The highest BCUT2D eigenvalue weighted by Gasteiger charge is 2.14. The molecule has 32 heavy (non-hydrogen) atoms. The number of aromatic nitrogens is 1. The van der Waals surface area contributed by atoms with Gasteiger partial charge in [0.05, 0.1) is 6.54 Å². The molecule has 3 N–H and O–H groups in total. The number of nitrogens with one attached hydrogen (secondary N) is 1. The van der Waals surface area contributed by atoms with Crippen molar-refractivity contribution in [3.8, 4) is 11.4 Å². The van der Waals surface area contributed by atoms with Crippen LogP contribution in [-0.2, 0) is 17.9 Å². The Bertz CT molecular complexity index is 1170. The van der Waals surface area contributed by atoms with Gasteiger partial charge < -0.3 is 15.8 Å². The standard InChI is InChI=1S/C22H20BrF2N3O3.ClH/c1-13-8-19(31-12-15-4-5-16(24)9-18(15)25)21(23)22(30)28(13)17-6-2-14(3-7-17)10-27-11-20(26)29;/h2-9,27H,10-12H2,1H3,(H2,26,29);1H. The minimum absolute atomic E-state index is 0. The Hall–Kier alpha value is -2.75. The molecule has 0 spiro atoms. The summed E-state index contributed by atoms with van der Waals surface area (Å²) in [5.41, 5.74) is 7.13. The van der Waals surface area contributed by atoms with E-state index in [2.05, 4.69) is 21.2 Å². The first-order chi connectivity index (χ1) is 14.8. The van der Waals surface area contributed by atoms with Crippen molar-refractivity contribution in [1.82, 2.24) is 9.88 Å². The molecule has 0 radical (unpaired) electrons. The molecule has 3 aromatic rings. The molecule has 0 aliphatic heterocycles. The zero-order chi connectivity index (χ0) is 22.5. The first-order valence-corrected chi connectivity index (χ1v) is 10.1. The Morgan fingerprint density at radius 3 is 2.47 bits per heavy atom. The van der Waals surface area contributed by atoms with Crippen molar-refractivity contribution in [2.45, 2.75) is 20.1 Å². The lowest BCUT2D eigenvalue weighted by Crippen LogP contribution is -2.28. The molecule has 0 saturated heterocycles. The van der Waals surface area contributed by atoms with Crippen LogP contribution < -0.4 is 21.3 Å². The van der Waals surface area contributed by atoms with E-state index >= 15 is 0 Å². The van der Waals surface area contributed by atoms with Gasteiger partial charge in [-0.05, 0) is 52.7 Å². The number of halogens is 4. The number of nitrogens with zero attached hydrogens (tertiary/aromatic N) is 1. The van der Waals surface area contributed by atoms with Gasteiger partial charge in [-0.25, -0.2) is 8.78 Å². The van der Waals surface area contributed by atoms with Gasteiger partial charge in [0.1, 0.15) is 28.5 Å². The van der Waals surface area contributed by atoms with Crippen molar-refractivity contribution in [2.75, 3.05) is 6.54 Å². The molecule has 0 aliphatic carbocycles.